The molecule has 1 atom stereocenters. The van der Waals surface area contributed by atoms with E-state index in [9.17, 15) is 4.79 Å². The van der Waals surface area contributed by atoms with E-state index >= 15 is 0 Å². The Balaban J connectivity index is 2.14. The highest BCUT2D eigenvalue weighted by molar-refractivity contribution is 5.73. The molecule has 92 valence electrons. The molecular weight excluding hydrogens is 216 g/mol. The summed E-state index contributed by atoms with van der Waals surface area (Å²) in [5, 5.41) is 0. The first-order valence-electron chi connectivity index (χ1n) is 6.07. The van der Waals surface area contributed by atoms with Gasteiger partial charge in [0.05, 0.1) is 19.6 Å². The van der Waals surface area contributed by atoms with Crippen LogP contribution in [-0.2, 0) is 22.4 Å². The molecule has 0 aromatic heterocycles. The standard InChI is InChI=1S/C14H18O3/c1-3-17-14(15)11-5-4-10-6-7-13(16-2)9-12(10)8-11/h6-7,9,11H,3-5,8H2,1-2H3/t11-/m1/s1. The second-order valence-corrected chi connectivity index (χ2v) is 4.33. The molecule has 1 aromatic carbocycles. The molecule has 0 saturated carbocycles. The SMILES string of the molecule is CCOC(=O)[C@@H]1CCc2ccc(OC)cc2C1. The Bertz CT molecular complexity index is 412. The Kier molecular flexibility index (Phi) is 3.67. The molecule has 0 amide bonds. The smallest absolute Gasteiger partial charge is 0.309 e. The molecule has 0 N–H and O–H groups in total. The van der Waals surface area contributed by atoms with Gasteiger partial charge in [0.2, 0.25) is 0 Å². The lowest BCUT2D eigenvalue weighted by atomic mass is 9.84. The largest absolute Gasteiger partial charge is 0.497 e. The summed E-state index contributed by atoms with van der Waals surface area (Å²) in [6.45, 7) is 2.30. The van der Waals surface area contributed by atoms with E-state index < -0.39 is 0 Å². The fourth-order valence-electron chi connectivity index (χ4n) is 2.32. The zero-order chi connectivity index (χ0) is 12.3. The van der Waals surface area contributed by atoms with E-state index in [4.69, 9.17) is 9.47 Å². The average molecular weight is 234 g/mol. The number of benzene rings is 1. The summed E-state index contributed by atoms with van der Waals surface area (Å²) in [7, 11) is 1.66. The monoisotopic (exact) mass is 234 g/mol. The van der Waals surface area contributed by atoms with Gasteiger partial charge >= 0.3 is 5.97 Å². The number of rotatable bonds is 3. The number of methoxy groups -OCH3 is 1. The van der Waals surface area contributed by atoms with Gasteiger partial charge in [0.1, 0.15) is 5.75 Å². The van der Waals surface area contributed by atoms with E-state index in [2.05, 4.69) is 6.07 Å². The molecule has 0 saturated heterocycles. The summed E-state index contributed by atoms with van der Waals surface area (Å²) < 4.78 is 10.3. The van der Waals surface area contributed by atoms with Gasteiger partial charge in [-0.05, 0) is 49.4 Å². The van der Waals surface area contributed by atoms with Crippen LogP contribution in [0.2, 0.25) is 0 Å². The summed E-state index contributed by atoms with van der Waals surface area (Å²) in [5.74, 6) is 0.795. The van der Waals surface area contributed by atoms with Gasteiger partial charge in [-0.15, -0.1) is 0 Å². The van der Waals surface area contributed by atoms with Crippen LogP contribution in [0.4, 0.5) is 0 Å². The molecule has 0 heterocycles. The van der Waals surface area contributed by atoms with Crippen molar-refractivity contribution >= 4 is 5.97 Å². The number of esters is 1. The van der Waals surface area contributed by atoms with Crippen LogP contribution in [0.25, 0.3) is 0 Å². The number of hydrogen-bond acceptors (Lipinski definition) is 3. The van der Waals surface area contributed by atoms with Crippen molar-refractivity contribution in [2.75, 3.05) is 13.7 Å². The fourth-order valence-corrected chi connectivity index (χ4v) is 2.32. The van der Waals surface area contributed by atoms with E-state index in [1.807, 2.05) is 19.1 Å². The van der Waals surface area contributed by atoms with Crippen molar-refractivity contribution in [2.24, 2.45) is 5.92 Å². The summed E-state index contributed by atoms with van der Waals surface area (Å²) in [6.07, 6.45) is 2.60. The first-order chi connectivity index (χ1) is 8.24. The number of carbonyl (C=O) groups is 1. The molecule has 2 rings (SSSR count). The predicted molar refractivity (Wildman–Crippen MR) is 65.1 cm³/mol. The average Bonchev–Trinajstić information content (AvgIpc) is 2.37. The number of fused-ring (bicyclic) bond motifs is 1. The molecule has 0 bridgehead atoms. The lowest BCUT2D eigenvalue weighted by Crippen LogP contribution is -2.24. The van der Waals surface area contributed by atoms with Gasteiger partial charge in [-0.2, -0.15) is 0 Å². The minimum Gasteiger partial charge on any atom is -0.497 e. The Morgan fingerprint density at radius 2 is 2.24 bits per heavy atom. The van der Waals surface area contributed by atoms with Crippen molar-refractivity contribution in [3.8, 4) is 5.75 Å². The molecule has 1 aliphatic rings. The van der Waals surface area contributed by atoms with Crippen LogP contribution in [0.3, 0.4) is 0 Å². The van der Waals surface area contributed by atoms with Crippen LogP contribution in [0.1, 0.15) is 24.5 Å². The number of hydrogen-bond donors (Lipinski definition) is 0. The van der Waals surface area contributed by atoms with Crippen LogP contribution in [0.5, 0.6) is 5.75 Å². The summed E-state index contributed by atoms with van der Waals surface area (Å²) >= 11 is 0. The number of carbonyl (C=O) groups excluding carboxylic acids is 1. The maximum atomic E-state index is 11.7. The summed E-state index contributed by atoms with van der Waals surface area (Å²) in [4.78, 5) is 11.7. The number of ether oxygens (including phenoxy) is 2. The Morgan fingerprint density at radius 3 is 2.94 bits per heavy atom. The van der Waals surface area contributed by atoms with Crippen LogP contribution in [-0.4, -0.2) is 19.7 Å². The second kappa shape index (κ2) is 5.21. The molecule has 3 nitrogen and oxygen atoms in total. The van der Waals surface area contributed by atoms with Crippen molar-refractivity contribution in [1.29, 1.82) is 0 Å². The van der Waals surface area contributed by atoms with Crippen molar-refractivity contribution < 1.29 is 14.3 Å². The molecule has 17 heavy (non-hydrogen) atoms. The molecule has 3 heteroatoms. The zero-order valence-electron chi connectivity index (χ0n) is 10.4. The fraction of sp³-hybridized carbons (Fsp3) is 0.500. The van der Waals surface area contributed by atoms with Crippen LogP contribution < -0.4 is 4.74 Å². The Labute approximate surface area is 102 Å². The van der Waals surface area contributed by atoms with Crippen molar-refractivity contribution in [3.05, 3.63) is 29.3 Å². The molecular formula is C14H18O3. The maximum absolute atomic E-state index is 11.7. The molecule has 0 aliphatic heterocycles. The molecule has 0 fully saturated rings. The van der Waals surface area contributed by atoms with E-state index in [0.717, 1.165) is 25.0 Å². The van der Waals surface area contributed by atoms with E-state index in [-0.39, 0.29) is 11.9 Å². The predicted octanol–water partition coefficient (Wildman–Crippen LogP) is 2.36. The van der Waals surface area contributed by atoms with Crippen LogP contribution in [0.15, 0.2) is 18.2 Å². The normalized spacial score (nSPS) is 18.4. The minimum absolute atomic E-state index is 0.00885. The van der Waals surface area contributed by atoms with E-state index in [1.165, 1.54) is 11.1 Å². The van der Waals surface area contributed by atoms with Crippen molar-refractivity contribution in [3.63, 3.8) is 0 Å². The Hall–Kier alpha value is -1.51. The zero-order valence-corrected chi connectivity index (χ0v) is 10.4. The van der Waals surface area contributed by atoms with Gasteiger partial charge in [0.25, 0.3) is 0 Å². The van der Waals surface area contributed by atoms with Gasteiger partial charge in [-0.25, -0.2) is 0 Å². The van der Waals surface area contributed by atoms with Gasteiger partial charge in [0.15, 0.2) is 0 Å². The third-order valence-electron chi connectivity index (χ3n) is 3.26. The van der Waals surface area contributed by atoms with E-state index in [0.29, 0.717) is 6.61 Å². The topological polar surface area (TPSA) is 35.5 Å². The van der Waals surface area contributed by atoms with Gasteiger partial charge in [-0.1, -0.05) is 6.07 Å². The molecule has 0 spiro atoms. The quantitative estimate of drug-likeness (QED) is 0.753. The van der Waals surface area contributed by atoms with Gasteiger partial charge in [-0.3, -0.25) is 4.79 Å². The summed E-state index contributed by atoms with van der Waals surface area (Å²) in [6, 6.07) is 6.10. The first-order valence-corrected chi connectivity index (χ1v) is 6.07. The van der Waals surface area contributed by atoms with Crippen LogP contribution in [0, 0.1) is 5.92 Å². The maximum Gasteiger partial charge on any atom is 0.309 e. The molecule has 0 radical (unpaired) electrons. The minimum atomic E-state index is -0.0685. The highest BCUT2D eigenvalue weighted by atomic mass is 16.5. The lowest BCUT2D eigenvalue weighted by Gasteiger charge is -2.23. The highest BCUT2D eigenvalue weighted by Gasteiger charge is 2.25. The van der Waals surface area contributed by atoms with Gasteiger partial charge < -0.3 is 9.47 Å². The third kappa shape index (κ3) is 2.60. The second-order valence-electron chi connectivity index (χ2n) is 4.33. The third-order valence-corrected chi connectivity index (χ3v) is 3.26. The molecule has 1 aliphatic carbocycles. The first kappa shape index (κ1) is 12.0. The highest BCUT2D eigenvalue weighted by Crippen LogP contribution is 2.29. The van der Waals surface area contributed by atoms with Crippen LogP contribution >= 0.6 is 0 Å². The van der Waals surface area contributed by atoms with Crippen molar-refractivity contribution in [2.45, 2.75) is 26.2 Å². The Morgan fingerprint density at radius 1 is 1.41 bits per heavy atom. The molecule has 0 unspecified atom stereocenters. The van der Waals surface area contributed by atoms with Gasteiger partial charge in [0, 0.05) is 0 Å². The van der Waals surface area contributed by atoms with E-state index in [1.54, 1.807) is 7.11 Å². The number of aryl methyl sites for hydroxylation is 1. The summed E-state index contributed by atoms with van der Waals surface area (Å²) in [5.41, 5.74) is 2.54. The molecule has 1 aromatic rings. The van der Waals surface area contributed by atoms with Crippen molar-refractivity contribution in [1.82, 2.24) is 0 Å². The lowest BCUT2D eigenvalue weighted by molar-refractivity contribution is -0.148.